The number of hydrogen-bond donors (Lipinski definition) is 2. The maximum absolute atomic E-state index is 13.9. The monoisotopic (exact) mass is 592 g/mol. The van der Waals surface area contributed by atoms with E-state index < -0.39 is 40.9 Å². The highest BCUT2D eigenvalue weighted by Gasteiger charge is 2.76. The Labute approximate surface area is 249 Å². The summed E-state index contributed by atoms with van der Waals surface area (Å²) in [5.41, 5.74) is 7.03. The van der Waals surface area contributed by atoms with Crippen molar-refractivity contribution in [2.75, 3.05) is 11.7 Å². The number of aliphatic hydroxyl groups excluding tert-OH is 1. The summed E-state index contributed by atoms with van der Waals surface area (Å²) in [5, 5.41) is 11.5. The van der Waals surface area contributed by atoms with E-state index >= 15 is 0 Å². The zero-order valence-corrected chi connectivity index (χ0v) is 24.7. The van der Waals surface area contributed by atoms with Crippen molar-refractivity contribution in [3.63, 3.8) is 0 Å². The third-order valence-corrected chi connectivity index (χ3v) is 11.8. The van der Waals surface area contributed by atoms with Crippen LogP contribution in [0.3, 0.4) is 0 Å². The molecule has 9 atom stereocenters. The van der Waals surface area contributed by atoms with Gasteiger partial charge in [-0.25, -0.2) is 4.39 Å². The number of fused-ring (bicyclic) bond motifs is 7. The summed E-state index contributed by atoms with van der Waals surface area (Å²) in [4.78, 5) is 26.1. The molecule has 4 fully saturated rings. The van der Waals surface area contributed by atoms with Crippen LogP contribution in [0.1, 0.15) is 56.9 Å². The van der Waals surface area contributed by atoms with Crippen molar-refractivity contribution < 1.29 is 28.6 Å². The number of ketones is 1. The van der Waals surface area contributed by atoms with E-state index in [9.17, 15) is 19.1 Å². The molecule has 0 unspecified atom stereocenters. The average molecular weight is 593 g/mol. The molecule has 9 heteroatoms. The third kappa shape index (κ3) is 3.96. The van der Waals surface area contributed by atoms with Crippen molar-refractivity contribution in [2.45, 2.75) is 70.2 Å². The van der Waals surface area contributed by atoms with Crippen molar-refractivity contribution in [1.82, 2.24) is 4.57 Å². The zero-order chi connectivity index (χ0) is 29.4. The number of nitrogens with zero attached hydrogens (tertiary/aromatic N) is 1. The van der Waals surface area contributed by atoms with E-state index in [1.807, 2.05) is 60.3 Å². The molecule has 7 rings (SSSR count). The molecule has 222 valence electrons. The van der Waals surface area contributed by atoms with Gasteiger partial charge in [-0.3, -0.25) is 9.59 Å². The lowest BCUT2D eigenvalue weighted by Gasteiger charge is -2.59. The molecule has 3 N–H and O–H groups in total. The maximum atomic E-state index is 13.9. The maximum Gasteiger partial charge on any atom is 0.226 e. The van der Waals surface area contributed by atoms with Gasteiger partial charge in [0.15, 0.2) is 17.7 Å². The molecule has 42 heavy (non-hydrogen) atoms. The topological polar surface area (TPSA) is 104 Å². The van der Waals surface area contributed by atoms with Gasteiger partial charge >= 0.3 is 0 Å². The smallest absolute Gasteiger partial charge is 0.226 e. The third-order valence-electron chi connectivity index (χ3n) is 11.1. The van der Waals surface area contributed by atoms with Crippen molar-refractivity contribution in [2.24, 2.45) is 28.6 Å². The van der Waals surface area contributed by atoms with Crippen LogP contribution in [0, 0.1) is 28.6 Å². The van der Waals surface area contributed by atoms with Gasteiger partial charge in [-0.1, -0.05) is 49.4 Å². The minimum absolute atomic E-state index is 0.00571. The zero-order valence-electron chi connectivity index (χ0n) is 23.9. The fourth-order valence-electron chi connectivity index (χ4n) is 9.32. The number of aromatic nitrogens is 1. The first kappa shape index (κ1) is 28.1. The standard InChI is InChI=1S/C33H37FN2O5S/c1-31-10-8-23(37)13-21(31)6-7-24-25-14-27-33(30(39)42-18-34,32(25,2)15-26(38)28(24)31)41-29(40-27)20-9-11-36(17-20)16-19-4-3-5-22(35)12-19/h3-5,8-13,17,24-29,38H,6-7,14-16,18,35H2,1-2H3/t24-,25-,26-,27+,28+,29+,31-,32-,33-/m0/s1. The van der Waals surface area contributed by atoms with Crippen LogP contribution in [0.2, 0.25) is 0 Å². The van der Waals surface area contributed by atoms with E-state index in [2.05, 4.69) is 6.92 Å². The quantitative estimate of drug-likeness (QED) is 0.452. The summed E-state index contributed by atoms with van der Waals surface area (Å²) < 4.78 is 29.0. The Morgan fingerprint density at radius 3 is 2.90 bits per heavy atom. The fourth-order valence-corrected chi connectivity index (χ4v) is 10.0. The van der Waals surface area contributed by atoms with Crippen LogP contribution in [0.15, 0.2) is 66.5 Å². The molecule has 0 bridgehead atoms. The van der Waals surface area contributed by atoms with Crippen molar-refractivity contribution in [3.05, 3.63) is 77.7 Å². The summed E-state index contributed by atoms with van der Waals surface area (Å²) in [6.07, 6.45) is 9.69. The number of anilines is 1. The molecule has 1 aliphatic heterocycles. The van der Waals surface area contributed by atoms with Gasteiger partial charge in [0, 0.05) is 46.9 Å². The van der Waals surface area contributed by atoms with Gasteiger partial charge in [-0.2, -0.15) is 0 Å². The number of carbonyl (C=O) groups excluding carboxylic acids is 2. The minimum atomic E-state index is -1.38. The summed E-state index contributed by atoms with van der Waals surface area (Å²) in [6, 6.07) is 8.80. The first-order valence-electron chi connectivity index (χ1n) is 14.8. The molecular weight excluding hydrogens is 555 g/mol. The summed E-state index contributed by atoms with van der Waals surface area (Å²) in [6.45, 7) is 4.78. The molecule has 0 amide bonds. The Balaban J connectivity index is 1.20. The van der Waals surface area contributed by atoms with E-state index in [0.717, 1.165) is 29.5 Å². The first-order chi connectivity index (χ1) is 20.1. The minimum Gasteiger partial charge on any atom is -0.399 e. The van der Waals surface area contributed by atoms with E-state index in [-0.39, 0.29) is 28.7 Å². The van der Waals surface area contributed by atoms with E-state index in [1.54, 1.807) is 12.2 Å². The predicted octanol–water partition coefficient (Wildman–Crippen LogP) is 5.35. The molecular formula is C33H37FN2O5S. The van der Waals surface area contributed by atoms with Crippen LogP contribution in [0.5, 0.6) is 0 Å². The molecule has 0 radical (unpaired) electrons. The molecule has 1 aromatic heterocycles. The Kier molecular flexibility index (Phi) is 6.62. The largest absolute Gasteiger partial charge is 0.399 e. The number of ether oxygens (including phenoxy) is 2. The molecule has 2 aromatic rings. The highest BCUT2D eigenvalue weighted by molar-refractivity contribution is 8.13. The number of nitrogen functional groups attached to an aromatic ring is 1. The molecule has 4 aliphatic carbocycles. The van der Waals surface area contributed by atoms with Gasteiger partial charge in [-0.05, 0) is 73.4 Å². The average Bonchev–Trinajstić information content (AvgIpc) is 3.62. The highest BCUT2D eigenvalue weighted by atomic mass is 32.2. The molecule has 1 aromatic carbocycles. The van der Waals surface area contributed by atoms with Crippen LogP contribution in [0.4, 0.5) is 10.1 Å². The lowest BCUT2D eigenvalue weighted by atomic mass is 9.46. The van der Waals surface area contributed by atoms with Gasteiger partial charge in [0.2, 0.25) is 5.12 Å². The summed E-state index contributed by atoms with van der Waals surface area (Å²) >= 11 is 0.637. The van der Waals surface area contributed by atoms with Crippen molar-refractivity contribution >= 4 is 28.3 Å². The van der Waals surface area contributed by atoms with Crippen LogP contribution >= 0.6 is 11.8 Å². The van der Waals surface area contributed by atoms with E-state index in [1.165, 1.54) is 0 Å². The second kappa shape index (κ2) is 9.91. The molecule has 7 nitrogen and oxygen atoms in total. The molecule has 5 aliphatic rings. The predicted molar refractivity (Wildman–Crippen MR) is 158 cm³/mol. The fraction of sp³-hybridized carbons (Fsp3) is 0.515. The number of thioether (sulfide) groups is 1. The van der Waals surface area contributed by atoms with E-state index in [0.29, 0.717) is 36.8 Å². The van der Waals surface area contributed by atoms with Crippen LogP contribution < -0.4 is 5.73 Å². The second-order valence-electron chi connectivity index (χ2n) is 13.2. The van der Waals surface area contributed by atoms with Crippen LogP contribution in [-0.2, 0) is 25.6 Å². The lowest BCUT2D eigenvalue weighted by Crippen LogP contribution is -2.62. The number of allylic oxidation sites excluding steroid dienone is 4. The number of halogens is 1. The SMILES string of the molecule is C[C@]12C=CC(=O)C=C1CC[C@@H]1[C@@H]2[C@@H](O)C[C@@]2(C)[C@H]1C[C@H]1O[C@@H](c3ccn(Cc4cccc(N)c4)c3)O[C@]12C(=O)SCF. The van der Waals surface area contributed by atoms with Gasteiger partial charge in [0.1, 0.15) is 6.01 Å². The first-order valence-corrected chi connectivity index (χ1v) is 15.8. The number of aliphatic hydroxyl groups is 1. The number of benzene rings is 1. The van der Waals surface area contributed by atoms with Crippen LogP contribution in [0.25, 0.3) is 0 Å². The van der Waals surface area contributed by atoms with Gasteiger partial charge in [0.05, 0.1) is 12.2 Å². The number of hydrogen-bond acceptors (Lipinski definition) is 7. The van der Waals surface area contributed by atoms with Gasteiger partial charge < -0.3 is 24.9 Å². The molecule has 2 heterocycles. The van der Waals surface area contributed by atoms with Gasteiger partial charge in [-0.15, -0.1) is 0 Å². The number of nitrogens with two attached hydrogens (primary N) is 1. The number of carbonyl (C=O) groups is 2. The van der Waals surface area contributed by atoms with Gasteiger partial charge in [0.25, 0.3) is 0 Å². The lowest BCUT2D eigenvalue weighted by molar-refractivity contribution is -0.194. The molecule has 1 saturated heterocycles. The van der Waals surface area contributed by atoms with E-state index in [4.69, 9.17) is 15.2 Å². The summed E-state index contributed by atoms with van der Waals surface area (Å²) in [5.74, 6) is 0.0541. The molecule has 0 spiro atoms. The normalized spacial score (nSPS) is 40.2. The van der Waals surface area contributed by atoms with Crippen molar-refractivity contribution in [3.8, 4) is 0 Å². The Morgan fingerprint density at radius 2 is 2.12 bits per heavy atom. The van der Waals surface area contributed by atoms with Crippen molar-refractivity contribution in [1.29, 1.82) is 0 Å². The Morgan fingerprint density at radius 1 is 1.29 bits per heavy atom. The van der Waals surface area contributed by atoms with Crippen LogP contribution in [-0.4, -0.2) is 44.4 Å². The second-order valence-corrected chi connectivity index (χ2v) is 14.0. The number of alkyl halides is 1. The molecule has 3 saturated carbocycles. The highest BCUT2D eigenvalue weighted by Crippen LogP contribution is 2.71. The summed E-state index contributed by atoms with van der Waals surface area (Å²) in [7, 11) is 0. The Bertz CT molecular complexity index is 1500. The number of rotatable bonds is 5. The Hall–Kier alpha value is -2.72.